The van der Waals surface area contributed by atoms with E-state index < -0.39 is 9.05 Å². The summed E-state index contributed by atoms with van der Waals surface area (Å²) < 4.78 is 27.8. The molecular weight excluding hydrogens is 252 g/mol. The van der Waals surface area contributed by atoms with E-state index in [9.17, 15) is 8.42 Å². The minimum absolute atomic E-state index is 0.0158. The smallest absolute Gasteiger partial charge is 0.262 e. The van der Waals surface area contributed by atoms with E-state index in [1.54, 1.807) is 0 Å². The third-order valence-corrected chi connectivity index (χ3v) is 3.66. The van der Waals surface area contributed by atoms with E-state index in [1.165, 1.54) is 12.3 Å². The first-order valence-corrected chi connectivity index (χ1v) is 7.01. The molecule has 0 radical (unpaired) electrons. The highest BCUT2D eigenvalue weighted by Gasteiger charge is 2.23. The van der Waals surface area contributed by atoms with Crippen molar-refractivity contribution < 1.29 is 13.2 Å². The lowest BCUT2D eigenvalue weighted by molar-refractivity contribution is 0.206. The Hall–Kier alpha value is -1.01. The molecule has 1 aliphatic rings. The minimum Gasteiger partial charge on any atom is -0.471 e. The van der Waals surface area contributed by atoms with E-state index in [4.69, 9.17) is 15.4 Å². The largest absolute Gasteiger partial charge is 0.471 e. The molecule has 5 nitrogen and oxygen atoms in total. The van der Waals surface area contributed by atoms with Gasteiger partial charge in [0.1, 0.15) is 16.7 Å². The van der Waals surface area contributed by atoms with Gasteiger partial charge < -0.3 is 9.64 Å². The number of anilines is 1. The highest BCUT2D eigenvalue weighted by atomic mass is 35.7. The fourth-order valence-electron chi connectivity index (χ4n) is 1.63. The predicted octanol–water partition coefficient (Wildman–Crippen LogP) is 1.23. The van der Waals surface area contributed by atoms with Crippen molar-refractivity contribution in [1.82, 2.24) is 4.98 Å². The summed E-state index contributed by atoms with van der Waals surface area (Å²) in [5, 5.41) is 0. The van der Waals surface area contributed by atoms with Gasteiger partial charge in [-0.1, -0.05) is 0 Å². The zero-order valence-corrected chi connectivity index (χ0v) is 10.4. The average Bonchev–Trinajstić information content (AvgIpc) is 2.15. The first-order chi connectivity index (χ1) is 7.38. The Bertz CT molecular complexity index is 517. The average molecular weight is 263 g/mol. The Labute approximate surface area is 98.4 Å². The topological polar surface area (TPSA) is 59.5 Å². The normalized spacial score (nSPS) is 20.2. The maximum atomic E-state index is 11.2. The van der Waals surface area contributed by atoms with Crippen LogP contribution >= 0.6 is 10.7 Å². The Morgan fingerprint density at radius 3 is 2.94 bits per heavy atom. The summed E-state index contributed by atoms with van der Waals surface area (Å²) in [5.74, 6) is 0.435. The van der Waals surface area contributed by atoms with E-state index in [0.29, 0.717) is 18.1 Å². The van der Waals surface area contributed by atoms with Gasteiger partial charge in [-0.25, -0.2) is 13.4 Å². The van der Waals surface area contributed by atoms with E-state index in [-0.39, 0.29) is 11.0 Å². The van der Waals surface area contributed by atoms with Crippen molar-refractivity contribution in [1.29, 1.82) is 0 Å². The summed E-state index contributed by atoms with van der Waals surface area (Å²) in [7, 11) is 3.36. The van der Waals surface area contributed by atoms with Crippen LogP contribution in [0.15, 0.2) is 17.2 Å². The molecule has 0 aliphatic carbocycles. The summed E-state index contributed by atoms with van der Waals surface area (Å²) in [6, 6.07) is 1.47. The second kappa shape index (κ2) is 3.78. The lowest BCUT2D eigenvalue weighted by atomic mass is 10.2. The molecular formula is C9H11ClN2O3S. The third-order valence-electron chi connectivity index (χ3n) is 2.34. The van der Waals surface area contributed by atoms with Crippen molar-refractivity contribution in [2.45, 2.75) is 17.9 Å². The summed E-state index contributed by atoms with van der Waals surface area (Å²) >= 11 is 0. The molecule has 0 fully saturated rings. The number of hydrogen-bond donors (Lipinski definition) is 0. The lowest BCUT2D eigenvalue weighted by Crippen LogP contribution is -2.36. The third kappa shape index (κ3) is 2.08. The van der Waals surface area contributed by atoms with Crippen LogP contribution < -0.4 is 9.64 Å². The highest BCUT2D eigenvalue weighted by Crippen LogP contribution is 2.32. The summed E-state index contributed by atoms with van der Waals surface area (Å²) in [4.78, 5) is 5.83. The van der Waals surface area contributed by atoms with Gasteiger partial charge in [-0.05, 0) is 13.0 Å². The van der Waals surface area contributed by atoms with Gasteiger partial charge >= 0.3 is 0 Å². The van der Waals surface area contributed by atoms with Crippen molar-refractivity contribution in [2.75, 3.05) is 18.5 Å². The number of nitrogens with zero attached hydrogens (tertiary/aromatic N) is 2. The van der Waals surface area contributed by atoms with E-state index >= 15 is 0 Å². The molecule has 0 bridgehead atoms. The van der Waals surface area contributed by atoms with Gasteiger partial charge in [0.25, 0.3) is 9.05 Å². The van der Waals surface area contributed by atoms with Crippen molar-refractivity contribution in [2.24, 2.45) is 0 Å². The standard InChI is InChI=1S/C9H11ClN2O3S/c1-6-5-12(2)8-3-7(16(10,13)14)4-11-9(8)15-6/h3-4,6H,5H2,1-2H3. The highest BCUT2D eigenvalue weighted by molar-refractivity contribution is 8.13. The summed E-state index contributed by atoms with van der Waals surface area (Å²) in [5.41, 5.74) is 0.639. The zero-order valence-electron chi connectivity index (χ0n) is 8.84. The van der Waals surface area contributed by atoms with Gasteiger partial charge in [0.2, 0.25) is 5.88 Å². The maximum absolute atomic E-state index is 11.2. The quantitative estimate of drug-likeness (QED) is 0.713. The van der Waals surface area contributed by atoms with Crippen LogP contribution in [0.2, 0.25) is 0 Å². The second-order valence-corrected chi connectivity index (χ2v) is 6.31. The number of likely N-dealkylation sites (N-methyl/N-ethyl adjacent to an activating group) is 1. The molecule has 0 amide bonds. The molecule has 0 spiro atoms. The molecule has 1 aromatic heterocycles. The molecule has 2 heterocycles. The number of halogens is 1. The molecule has 0 N–H and O–H groups in total. The Kier molecular flexibility index (Phi) is 2.71. The molecule has 7 heteroatoms. The first-order valence-electron chi connectivity index (χ1n) is 4.70. The number of fused-ring (bicyclic) bond motifs is 1. The maximum Gasteiger partial charge on any atom is 0.262 e. The predicted molar refractivity (Wildman–Crippen MR) is 60.6 cm³/mol. The van der Waals surface area contributed by atoms with Crippen molar-refractivity contribution in [3.05, 3.63) is 12.3 Å². The molecule has 1 aromatic rings. The first kappa shape index (κ1) is 11.5. The molecule has 0 saturated carbocycles. The van der Waals surface area contributed by atoms with Crippen LogP contribution in [-0.2, 0) is 9.05 Å². The van der Waals surface area contributed by atoms with Crippen molar-refractivity contribution in [3.63, 3.8) is 0 Å². The Morgan fingerprint density at radius 1 is 1.62 bits per heavy atom. The zero-order chi connectivity index (χ0) is 11.9. The van der Waals surface area contributed by atoms with Gasteiger partial charge in [0.15, 0.2) is 0 Å². The Morgan fingerprint density at radius 2 is 2.31 bits per heavy atom. The van der Waals surface area contributed by atoms with E-state index in [0.717, 1.165) is 0 Å². The van der Waals surface area contributed by atoms with Gasteiger partial charge in [-0.15, -0.1) is 0 Å². The fraction of sp³-hybridized carbons (Fsp3) is 0.444. The number of rotatable bonds is 1. The van der Waals surface area contributed by atoms with Crippen molar-refractivity contribution >= 4 is 25.4 Å². The summed E-state index contributed by atoms with van der Waals surface area (Å²) in [6.07, 6.45) is 1.23. The van der Waals surface area contributed by atoms with Crippen LogP contribution in [0.5, 0.6) is 5.88 Å². The van der Waals surface area contributed by atoms with Crippen LogP contribution in [0.25, 0.3) is 0 Å². The molecule has 16 heavy (non-hydrogen) atoms. The molecule has 2 rings (SSSR count). The van der Waals surface area contributed by atoms with Crippen LogP contribution in [0.1, 0.15) is 6.92 Å². The van der Waals surface area contributed by atoms with Crippen LogP contribution in [0, 0.1) is 0 Å². The van der Waals surface area contributed by atoms with E-state index in [1.807, 2.05) is 18.9 Å². The number of aromatic nitrogens is 1. The number of ether oxygens (including phenoxy) is 1. The molecule has 0 saturated heterocycles. The second-order valence-electron chi connectivity index (χ2n) is 3.74. The van der Waals surface area contributed by atoms with Gasteiger partial charge in [-0.2, -0.15) is 0 Å². The van der Waals surface area contributed by atoms with Crippen LogP contribution in [0.3, 0.4) is 0 Å². The summed E-state index contributed by atoms with van der Waals surface area (Å²) in [6.45, 7) is 2.60. The lowest BCUT2D eigenvalue weighted by Gasteiger charge is -2.31. The minimum atomic E-state index is -3.75. The fourth-order valence-corrected chi connectivity index (χ4v) is 2.32. The SMILES string of the molecule is CC1CN(C)c2cc(S(=O)(=O)Cl)cnc2O1. The molecule has 1 aliphatic heterocycles. The number of pyridine rings is 1. The van der Waals surface area contributed by atoms with Gasteiger partial charge in [0.05, 0.1) is 12.7 Å². The molecule has 88 valence electrons. The van der Waals surface area contributed by atoms with Gasteiger partial charge in [-0.3, -0.25) is 0 Å². The number of hydrogen-bond acceptors (Lipinski definition) is 5. The Balaban J connectivity index is 2.51. The van der Waals surface area contributed by atoms with E-state index in [2.05, 4.69) is 4.98 Å². The molecule has 1 atom stereocenters. The molecule has 0 aromatic carbocycles. The monoisotopic (exact) mass is 262 g/mol. The van der Waals surface area contributed by atoms with Crippen LogP contribution in [0.4, 0.5) is 5.69 Å². The van der Waals surface area contributed by atoms with Crippen molar-refractivity contribution in [3.8, 4) is 5.88 Å². The van der Waals surface area contributed by atoms with Crippen LogP contribution in [-0.4, -0.2) is 33.1 Å². The van der Waals surface area contributed by atoms with Gasteiger partial charge in [0, 0.05) is 17.7 Å². The molecule has 1 unspecified atom stereocenters.